The number of hydrogen-bond acceptors (Lipinski definition) is 5. The van der Waals surface area contributed by atoms with Crippen LogP contribution in [-0.2, 0) is 14.1 Å². The van der Waals surface area contributed by atoms with Gasteiger partial charge in [0.2, 0.25) is 5.91 Å². The minimum atomic E-state index is -4.24. The summed E-state index contributed by atoms with van der Waals surface area (Å²) in [5.74, 6) is -0.274. The van der Waals surface area contributed by atoms with Crippen LogP contribution in [0.5, 0.6) is 0 Å². The van der Waals surface area contributed by atoms with Crippen molar-refractivity contribution >= 4 is 15.3 Å². The van der Waals surface area contributed by atoms with Gasteiger partial charge in [0.05, 0.1) is 22.3 Å². The van der Waals surface area contributed by atoms with Crippen molar-refractivity contribution in [1.29, 1.82) is 5.26 Å². The Morgan fingerprint density at radius 3 is 2.71 bits per heavy atom. The molecule has 1 saturated carbocycles. The molecule has 2 atom stereocenters. The number of carbonyl (C=O) groups excluding carboxylic acids is 1. The van der Waals surface area contributed by atoms with E-state index in [-0.39, 0.29) is 18.9 Å². The van der Waals surface area contributed by atoms with Gasteiger partial charge >= 0.3 is 0 Å². The molecule has 0 unspecified atom stereocenters. The first-order valence-electron chi connectivity index (χ1n) is 10.4. The number of benzene rings is 1. The summed E-state index contributed by atoms with van der Waals surface area (Å²) in [7, 11) is -4.24. The number of aryl methyl sites for hydroxylation is 2. The highest BCUT2D eigenvalue weighted by Crippen LogP contribution is 2.41. The van der Waals surface area contributed by atoms with Crippen molar-refractivity contribution in [2.75, 3.05) is 12.8 Å². The highest BCUT2D eigenvalue weighted by Gasteiger charge is 2.48. The van der Waals surface area contributed by atoms with Gasteiger partial charge in [-0.25, -0.2) is 4.21 Å². The molecule has 1 saturated heterocycles. The molecule has 1 aliphatic heterocycles. The molecule has 2 aliphatic rings. The van der Waals surface area contributed by atoms with Crippen LogP contribution >= 0.6 is 0 Å². The summed E-state index contributed by atoms with van der Waals surface area (Å²) in [5.41, 5.74) is 2.81. The second-order valence-corrected chi connectivity index (χ2v) is 12.8. The molecule has 0 spiro atoms. The molecule has 2 heterocycles. The average molecular weight is 441 g/mol. The van der Waals surface area contributed by atoms with E-state index in [1.165, 1.54) is 6.26 Å². The quantitative estimate of drug-likeness (QED) is 0.658. The van der Waals surface area contributed by atoms with E-state index >= 15 is 0 Å². The monoisotopic (exact) mass is 440 g/mol. The predicted molar refractivity (Wildman–Crippen MR) is 120 cm³/mol. The summed E-state index contributed by atoms with van der Waals surface area (Å²) in [5, 5.41) is 14.5. The molecule has 8 heteroatoms. The van der Waals surface area contributed by atoms with E-state index < -0.39 is 26.2 Å². The van der Waals surface area contributed by atoms with E-state index in [1.807, 2.05) is 38.1 Å². The van der Waals surface area contributed by atoms with E-state index in [2.05, 4.69) is 21.7 Å². The number of nitrogens with one attached hydrogen (secondary N) is 2. The number of carbonyl (C=O) groups is 1. The third-order valence-electron chi connectivity index (χ3n) is 6.55. The lowest BCUT2D eigenvalue weighted by Crippen LogP contribution is -2.46. The fourth-order valence-electron chi connectivity index (χ4n) is 4.38. The summed E-state index contributed by atoms with van der Waals surface area (Å²) in [6, 6.07) is 10.9. The van der Waals surface area contributed by atoms with Crippen molar-refractivity contribution in [2.24, 2.45) is 0 Å². The molecule has 1 aromatic heterocycles. The van der Waals surface area contributed by atoms with Gasteiger partial charge < -0.3 is 10.6 Å². The molecule has 31 heavy (non-hydrogen) atoms. The predicted octanol–water partition coefficient (Wildman–Crippen LogP) is 2.55. The largest absolute Gasteiger partial charge is 0.336 e. The molecule has 1 aliphatic carbocycles. The molecule has 3 N–H and O–H groups in total. The Bertz CT molecular complexity index is 1160. The van der Waals surface area contributed by atoms with Gasteiger partial charge in [-0.05, 0) is 62.4 Å². The molecule has 0 bridgehead atoms. The Kier molecular flexibility index (Phi) is 5.04. The number of hydrogen-bond donors (Lipinski definition) is 3. The zero-order valence-corrected chi connectivity index (χ0v) is 18.8. The molecular formula is C23H28N4O3S. The second kappa shape index (κ2) is 7.23. The van der Waals surface area contributed by atoms with Gasteiger partial charge in [0, 0.05) is 30.3 Å². The van der Waals surface area contributed by atoms with Gasteiger partial charge in [0.25, 0.3) is 0 Å². The molecule has 1 aromatic carbocycles. The van der Waals surface area contributed by atoms with Crippen LogP contribution in [0.4, 0.5) is 0 Å². The highest BCUT2D eigenvalue weighted by atomic mass is 32.3. The summed E-state index contributed by atoms with van der Waals surface area (Å²) in [6.07, 6.45) is 4.69. The molecule has 2 aromatic rings. The topological polar surface area (TPSA) is 115 Å². The van der Waals surface area contributed by atoms with Crippen LogP contribution in [-0.4, -0.2) is 49.3 Å². The fraction of sp³-hybridized carbons (Fsp3) is 0.435. The number of nitrogens with zero attached hydrogens (tertiary/aromatic N) is 2. The number of amides is 1. The van der Waals surface area contributed by atoms with Gasteiger partial charge in [-0.1, -0.05) is 12.1 Å². The Hall–Kier alpha value is -2.60. The molecule has 4 rings (SSSR count). The normalized spacial score (nSPS) is 23.4. The SMILES string of the molecule is Cc1cc(-c2cccnc2C)ccc1S(C)(=O)(O)[C@H]1CN[C@H](C(=O)NC2(C#N)CC2)C1. The summed E-state index contributed by atoms with van der Waals surface area (Å²) in [6.45, 7) is 4.04. The van der Waals surface area contributed by atoms with Crippen LogP contribution in [0.2, 0.25) is 0 Å². The first-order chi connectivity index (χ1) is 14.5. The van der Waals surface area contributed by atoms with Crippen molar-refractivity contribution in [1.82, 2.24) is 15.6 Å². The van der Waals surface area contributed by atoms with Gasteiger partial charge in [-0.3, -0.25) is 14.3 Å². The van der Waals surface area contributed by atoms with Gasteiger partial charge in [-0.2, -0.15) is 14.6 Å². The Morgan fingerprint density at radius 2 is 2.10 bits per heavy atom. The second-order valence-electron chi connectivity index (χ2n) is 8.98. The maximum atomic E-state index is 14.0. The van der Waals surface area contributed by atoms with E-state index in [0.29, 0.717) is 17.7 Å². The van der Waals surface area contributed by atoms with E-state index in [0.717, 1.165) is 22.4 Å². The van der Waals surface area contributed by atoms with Gasteiger partial charge in [0.1, 0.15) is 5.54 Å². The standard InChI is InChI=1S/C23H28N4O3S/c1-15-11-17(19-5-4-10-25-16(19)2)6-7-21(15)31(3,29,30)18-12-20(26-13-18)22(28)27-23(14-24)8-9-23/h4-7,10-11,18,20,26H,8-9,12-13H2,1-3H3,(H,27,28)(H,29,30)/t18-,20+/m1/s1. The van der Waals surface area contributed by atoms with E-state index in [9.17, 15) is 18.8 Å². The lowest BCUT2D eigenvalue weighted by molar-refractivity contribution is -0.123. The lowest BCUT2D eigenvalue weighted by Gasteiger charge is -2.45. The molecule has 2 fully saturated rings. The molecule has 164 valence electrons. The number of aromatic nitrogens is 1. The summed E-state index contributed by atoms with van der Waals surface area (Å²) >= 11 is 0. The number of pyridine rings is 1. The Labute approximate surface area is 182 Å². The van der Waals surface area contributed by atoms with E-state index in [1.54, 1.807) is 12.3 Å². The third-order valence-corrected chi connectivity index (χ3v) is 10.0. The minimum Gasteiger partial charge on any atom is -0.336 e. The van der Waals surface area contributed by atoms with Crippen LogP contribution in [0.15, 0.2) is 41.4 Å². The number of nitriles is 1. The molecular weight excluding hydrogens is 412 g/mol. The smallest absolute Gasteiger partial charge is 0.238 e. The summed E-state index contributed by atoms with van der Waals surface area (Å²) in [4.78, 5) is 17.3. The lowest BCUT2D eigenvalue weighted by atomic mass is 10.0. The third kappa shape index (κ3) is 3.89. The molecule has 0 radical (unpaired) electrons. The zero-order valence-electron chi connectivity index (χ0n) is 18.0. The summed E-state index contributed by atoms with van der Waals surface area (Å²) < 4.78 is 25.4. The zero-order chi connectivity index (χ0) is 22.5. The first-order valence-corrected chi connectivity index (χ1v) is 12.8. The van der Waals surface area contributed by atoms with Crippen molar-refractivity contribution < 1.29 is 13.6 Å². The molecule has 7 nitrogen and oxygen atoms in total. The maximum absolute atomic E-state index is 14.0. The van der Waals surface area contributed by atoms with Crippen LogP contribution in [0.25, 0.3) is 11.1 Å². The maximum Gasteiger partial charge on any atom is 0.238 e. The fourth-order valence-corrected chi connectivity index (χ4v) is 7.12. The van der Waals surface area contributed by atoms with E-state index in [4.69, 9.17) is 0 Å². The van der Waals surface area contributed by atoms with Gasteiger partial charge in [0.15, 0.2) is 0 Å². The van der Waals surface area contributed by atoms with Crippen LogP contribution in [0.1, 0.15) is 30.5 Å². The molecule has 1 amide bonds. The van der Waals surface area contributed by atoms with Crippen LogP contribution < -0.4 is 10.6 Å². The Morgan fingerprint density at radius 1 is 1.35 bits per heavy atom. The highest BCUT2D eigenvalue weighted by molar-refractivity contribution is 8.15. The van der Waals surface area contributed by atoms with Crippen molar-refractivity contribution in [2.45, 2.75) is 54.8 Å². The average Bonchev–Trinajstić information content (AvgIpc) is 3.29. The number of rotatable bonds is 5. The van der Waals surface area contributed by atoms with Crippen molar-refractivity contribution in [3.8, 4) is 17.2 Å². The van der Waals surface area contributed by atoms with Gasteiger partial charge in [-0.15, -0.1) is 0 Å². The van der Waals surface area contributed by atoms with Crippen molar-refractivity contribution in [3.05, 3.63) is 47.8 Å². The Balaban J connectivity index is 1.57. The van der Waals surface area contributed by atoms with Crippen molar-refractivity contribution in [3.63, 3.8) is 0 Å². The van der Waals surface area contributed by atoms with Crippen LogP contribution in [0, 0.1) is 25.2 Å². The minimum absolute atomic E-state index is 0.245. The van der Waals surface area contributed by atoms with Crippen LogP contribution in [0.3, 0.4) is 0 Å². The first kappa shape index (κ1) is 21.6.